The van der Waals surface area contributed by atoms with E-state index in [1.807, 2.05) is 32.0 Å². The Balaban J connectivity index is 2.10. The van der Waals surface area contributed by atoms with Gasteiger partial charge >= 0.3 is 0 Å². The van der Waals surface area contributed by atoms with Crippen molar-refractivity contribution in [3.05, 3.63) is 59.2 Å². The number of anilines is 1. The fraction of sp³-hybridized carbons (Fsp3) is 0.125. The van der Waals surface area contributed by atoms with Crippen LogP contribution in [0.5, 0.6) is 0 Å². The van der Waals surface area contributed by atoms with Crippen molar-refractivity contribution >= 4 is 5.82 Å². The first-order valence-electron chi connectivity index (χ1n) is 6.71. The summed E-state index contributed by atoms with van der Waals surface area (Å²) in [6.07, 6.45) is 0. The Morgan fingerprint density at radius 2 is 1.77 bits per heavy atom. The maximum absolute atomic E-state index is 13.4. The lowest BCUT2D eigenvalue weighted by molar-refractivity contribution is 0.509. The van der Waals surface area contributed by atoms with Crippen molar-refractivity contribution in [3.63, 3.8) is 0 Å². The summed E-state index contributed by atoms with van der Waals surface area (Å²) in [7, 11) is 0. The number of hydrogen-bond donors (Lipinski definition) is 1. The molecule has 112 valence electrons. The first-order chi connectivity index (χ1) is 10.5. The summed E-state index contributed by atoms with van der Waals surface area (Å²) in [6, 6.07) is 9.37. The molecular formula is C16H14F2N4. The van der Waals surface area contributed by atoms with E-state index < -0.39 is 11.6 Å². The van der Waals surface area contributed by atoms with Gasteiger partial charge < -0.3 is 5.73 Å². The zero-order chi connectivity index (χ0) is 15.9. The maximum atomic E-state index is 13.4. The first-order valence-corrected chi connectivity index (χ1v) is 6.71. The van der Waals surface area contributed by atoms with Gasteiger partial charge in [0.25, 0.3) is 0 Å². The van der Waals surface area contributed by atoms with E-state index in [4.69, 9.17) is 5.73 Å². The Hall–Kier alpha value is -2.76. The fourth-order valence-electron chi connectivity index (χ4n) is 2.36. The molecule has 0 fully saturated rings. The lowest BCUT2D eigenvalue weighted by atomic mass is 10.1. The molecule has 0 saturated heterocycles. The number of aromatic nitrogens is 3. The summed E-state index contributed by atoms with van der Waals surface area (Å²) >= 11 is 0. The molecule has 0 unspecified atom stereocenters. The maximum Gasteiger partial charge on any atom is 0.159 e. The standard InChI is InChI=1S/C16H14F2N4/c1-9-3-6-14(10(2)7-9)22-16(19)15(20-21-22)11-4-5-12(17)13(18)8-11/h3-8H,19H2,1-2H3. The highest BCUT2D eigenvalue weighted by Gasteiger charge is 2.15. The molecule has 0 bridgehead atoms. The average Bonchev–Trinajstić information content (AvgIpc) is 2.84. The molecule has 2 aromatic carbocycles. The normalized spacial score (nSPS) is 10.9. The summed E-state index contributed by atoms with van der Waals surface area (Å²) in [5, 5.41) is 8.03. The van der Waals surface area contributed by atoms with E-state index in [1.54, 1.807) is 0 Å². The van der Waals surface area contributed by atoms with E-state index >= 15 is 0 Å². The van der Waals surface area contributed by atoms with Gasteiger partial charge in [-0.15, -0.1) is 5.10 Å². The largest absolute Gasteiger partial charge is 0.382 e. The molecule has 22 heavy (non-hydrogen) atoms. The van der Waals surface area contributed by atoms with Crippen LogP contribution >= 0.6 is 0 Å². The highest BCUT2D eigenvalue weighted by atomic mass is 19.2. The second-order valence-corrected chi connectivity index (χ2v) is 5.15. The Morgan fingerprint density at radius 1 is 1.00 bits per heavy atom. The number of rotatable bonds is 2. The van der Waals surface area contributed by atoms with Gasteiger partial charge in [0.1, 0.15) is 5.69 Å². The molecule has 0 aliphatic carbocycles. The number of nitrogens with zero attached hydrogens (tertiary/aromatic N) is 3. The third-order valence-corrected chi connectivity index (χ3v) is 3.48. The minimum atomic E-state index is -0.946. The van der Waals surface area contributed by atoms with Crippen molar-refractivity contribution in [1.29, 1.82) is 0 Å². The van der Waals surface area contributed by atoms with Crippen LogP contribution in [-0.2, 0) is 0 Å². The molecule has 2 N–H and O–H groups in total. The smallest absolute Gasteiger partial charge is 0.159 e. The third-order valence-electron chi connectivity index (χ3n) is 3.48. The lowest BCUT2D eigenvalue weighted by Crippen LogP contribution is -2.04. The highest BCUT2D eigenvalue weighted by Crippen LogP contribution is 2.27. The van der Waals surface area contributed by atoms with Crippen LogP contribution in [0.15, 0.2) is 36.4 Å². The molecule has 4 nitrogen and oxygen atoms in total. The molecule has 0 spiro atoms. The summed E-state index contributed by atoms with van der Waals surface area (Å²) in [5.41, 5.74) is 9.70. The van der Waals surface area contributed by atoms with Gasteiger partial charge in [-0.05, 0) is 43.7 Å². The van der Waals surface area contributed by atoms with Crippen molar-refractivity contribution in [1.82, 2.24) is 15.0 Å². The Bertz CT molecular complexity index is 855. The second-order valence-electron chi connectivity index (χ2n) is 5.15. The van der Waals surface area contributed by atoms with Crippen molar-refractivity contribution in [2.75, 3.05) is 5.73 Å². The minimum Gasteiger partial charge on any atom is -0.382 e. The predicted octanol–water partition coefficient (Wildman–Crippen LogP) is 3.41. The minimum absolute atomic E-state index is 0.276. The number of halogens is 2. The predicted molar refractivity (Wildman–Crippen MR) is 80.6 cm³/mol. The van der Waals surface area contributed by atoms with E-state index in [0.717, 1.165) is 28.9 Å². The van der Waals surface area contributed by atoms with Crippen LogP contribution in [0.4, 0.5) is 14.6 Å². The fourth-order valence-corrected chi connectivity index (χ4v) is 2.36. The van der Waals surface area contributed by atoms with Crippen LogP contribution in [0, 0.1) is 25.5 Å². The topological polar surface area (TPSA) is 56.7 Å². The Kier molecular flexibility index (Phi) is 3.36. The van der Waals surface area contributed by atoms with Crippen molar-refractivity contribution in [3.8, 4) is 16.9 Å². The molecule has 1 aromatic heterocycles. The van der Waals surface area contributed by atoms with E-state index in [9.17, 15) is 8.78 Å². The number of nitrogens with two attached hydrogens (primary N) is 1. The number of benzene rings is 2. The van der Waals surface area contributed by atoms with Gasteiger partial charge in [-0.2, -0.15) is 4.68 Å². The molecule has 3 rings (SSSR count). The van der Waals surface area contributed by atoms with Crippen LogP contribution in [0.2, 0.25) is 0 Å². The molecule has 0 saturated carbocycles. The molecule has 0 radical (unpaired) electrons. The summed E-state index contributed by atoms with van der Waals surface area (Å²) in [4.78, 5) is 0. The summed E-state index contributed by atoms with van der Waals surface area (Å²) < 4.78 is 27.9. The average molecular weight is 300 g/mol. The Labute approximate surface area is 126 Å². The second kappa shape index (κ2) is 5.22. The SMILES string of the molecule is Cc1ccc(-n2nnc(-c3ccc(F)c(F)c3)c2N)c(C)c1. The van der Waals surface area contributed by atoms with Gasteiger partial charge in [-0.25, -0.2) is 8.78 Å². The Morgan fingerprint density at radius 3 is 2.45 bits per heavy atom. The van der Waals surface area contributed by atoms with Crippen LogP contribution in [0.25, 0.3) is 16.9 Å². The van der Waals surface area contributed by atoms with Gasteiger partial charge in [0.05, 0.1) is 5.69 Å². The van der Waals surface area contributed by atoms with Gasteiger partial charge in [-0.1, -0.05) is 22.9 Å². The van der Waals surface area contributed by atoms with Gasteiger partial charge in [-0.3, -0.25) is 0 Å². The molecule has 6 heteroatoms. The van der Waals surface area contributed by atoms with Crippen LogP contribution in [0.1, 0.15) is 11.1 Å². The summed E-state index contributed by atoms with van der Waals surface area (Å²) in [6.45, 7) is 3.94. The zero-order valence-corrected chi connectivity index (χ0v) is 12.1. The van der Waals surface area contributed by atoms with Crippen LogP contribution in [0.3, 0.4) is 0 Å². The number of hydrogen-bond acceptors (Lipinski definition) is 3. The van der Waals surface area contributed by atoms with E-state index in [1.165, 1.54) is 10.7 Å². The monoisotopic (exact) mass is 300 g/mol. The van der Waals surface area contributed by atoms with Crippen LogP contribution < -0.4 is 5.73 Å². The van der Waals surface area contributed by atoms with Crippen molar-refractivity contribution in [2.24, 2.45) is 0 Å². The first kappa shape index (κ1) is 14.2. The van der Waals surface area contributed by atoms with Gasteiger partial charge in [0, 0.05) is 5.56 Å². The van der Waals surface area contributed by atoms with Gasteiger partial charge in [0.2, 0.25) is 0 Å². The number of aryl methyl sites for hydroxylation is 2. The molecule has 0 atom stereocenters. The van der Waals surface area contributed by atoms with Crippen LogP contribution in [-0.4, -0.2) is 15.0 Å². The van der Waals surface area contributed by atoms with E-state index in [2.05, 4.69) is 10.3 Å². The molecule has 0 aliphatic rings. The number of nitrogen functional groups attached to an aromatic ring is 1. The quantitative estimate of drug-likeness (QED) is 0.789. The molecule has 3 aromatic rings. The molecule has 0 aliphatic heterocycles. The van der Waals surface area contributed by atoms with E-state index in [-0.39, 0.29) is 5.82 Å². The molecule has 0 amide bonds. The summed E-state index contributed by atoms with van der Waals surface area (Å²) in [5.74, 6) is -1.58. The molecule has 1 heterocycles. The zero-order valence-electron chi connectivity index (χ0n) is 12.1. The van der Waals surface area contributed by atoms with E-state index in [0.29, 0.717) is 11.3 Å². The highest BCUT2D eigenvalue weighted by molar-refractivity contribution is 5.71. The third kappa shape index (κ3) is 2.32. The van der Waals surface area contributed by atoms with Gasteiger partial charge in [0.15, 0.2) is 17.5 Å². The lowest BCUT2D eigenvalue weighted by Gasteiger charge is -2.08. The van der Waals surface area contributed by atoms with Crippen molar-refractivity contribution in [2.45, 2.75) is 13.8 Å². The molecular weight excluding hydrogens is 286 g/mol. The van der Waals surface area contributed by atoms with Crippen molar-refractivity contribution < 1.29 is 8.78 Å².